The molecule has 1 aromatic rings. The molecule has 0 aliphatic carbocycles. The molecule has 0 bridgehead atoms. The summed E-state index contributed by atoms with van der Waals surface area (Å²) in [5, 5.41) is 14.8. The topological polar surface area (TPSA) is 105 Å². The number of sulfone groups is 1. The van der Waals surface area contributed by atoms with Gasteiger partial charge in [-0.1, -0.05) is 29.4 Å². The Bertz CT molecular complexity index is 555. The van der Waals surface area contributed by atoms with Gasteiger partial charge in [-0.2, -0.15) is 0 Å². The molecule has 0 spiro atoms. The van der Waals surface area contributed by atoms with E-state index in [4.69, 9.17) is 10.9 Å². The van der Waals surface area contributed by atoms with Gasteiger partial charge in [-0.25, -0.2) is 8.42 Å². The molecule has 0 saturated heterocycles. The smallest absolute Gasteiger partial charge is 0.170 e. The summed E-state index contributed by atoms with van der Waals surface area (Å²) in [4.78, 5) is 0. The van der Waals surface area contributed by atoms with E-state index in [9.17, 15) is 8.42 Å². The van der Waals surface area contributed by atoms with Crippen LogP contribution in [0.25, 0.3) is 0 Å². The Hall–Kier alpha value is -1.60. The Morgan fingerprint density at radius 1 is 1.47 bits per heavy atom. The van der Waals surface area contributed by atoms with Crippen LogP contribution in [-0.2, 0) is 16.4 Å². The molecular weight excluding hydrogens is 266 g/mol. The maximum atomic E-state index is 11.2. The van der Waals surface area contributed by atoms with Gasteiger partial charge in [0, 0.05) is 24.4 Å². The van der Waals surface area contributed by atoms with E-state index in [-0.39, 0.29) is 17.6 Å². The Kier molecular flexibility index (Phi) is 5.31. The van der Waals surface area contributed by atoms with Gasteiger partial charge in [-0.05, 0) is 12.5 Å². The second kappa shape index (κ2) is 6.53. The molecule has 0 fully saturated rings. The van der Waals surface area contributed by atoms with Crippen molar-refractivity contribution in [1.82, 2.24) is 5.32 Å². The zero-order chi connectivity index (χ0) is 14.5. The van der Waals surface area contributed by atoms with Crippen molar-refractivity contribution < 1.29 is 13.6 Å². The molecule has 0 aliphatic heterocycles. The molecule has 0 amide bonds. The van der Waals surface area contributed by atoms with Crippen molar-refractivity contribution >= 4 is 15.7 Å². The predicted octanol–water partition coefficient (Wildman–Crippen LogP) is 0.304. The van der Waals surface area contributed by atoms with Gasteiger partial charge in [0.1, 0.15) is 9.84 Å². The average molecular weight is 285 g/mol. The van der Waals surface area contributed by atoms with Gasteiger partial charge in [-0.3, -0.25) is 0 Å². The third kappa shape index (κ3) is 5.27. The Labute approximate surface area is 113 Å². The Morgan fingerprint density at radius 3 is 2.68 bits per heavy atom. The maximum Gasteiger partial charge on any atom is 0.170 e. The third-order valence-electron chi connectivity index (χ3n) is 2.59. The van der Waals surface area contributed by atoms with Crippen LogP contribution in [0.2, 0.25) is 0 Å². The number of nitrogens with two attached hydrogens (primary N) is 1. The van der Waals surface area contributed by atoms with Gasteiger partial charge in [0.15, 0.2) is 5.84 Å². The van der Waals surface area contributed by atoms with Crippen LogP contribution < -0.4 is 11.1 Å². The summed E-state index contributed by atoms with van der Waals surface area (Å²) in [7, 11) is -3.01. The van der Waals surface area contributed by atoms with Gasteiger partial charge in [0.2, 0.25) is 0 Å². The molecule has 0 heterocycles. The largest absolute Gasteiger partial charge is 0.409 e. The van der Waals surface area contributed by atoms with Gasteiger partial charge in [-0.15, -0.1) is 0 Å². The molecule has 0 saturated carbocycles. The summed E-state index contributed by atoms with van der Waals surface area (Å²) < 4.78 is 22.3. The molecule has 0 aliphatic rings. The fourth-order valence-corrected chi connectivity index (χ4v) is 2.80. The summed E-state index contributed by atoms with van der Waals surface area (Å²) >= 11 is 0. The molecule has 6 nitrogen and oxygen atoms in total. The van der Waals surface area contributed by atoms with Gasteiger partial charge in [0.05, 0.1) is 5.75 Å². The third-order valence-corrected chi connectivity index (χ3v) is 3.70. The maximum absolute atomic E-state index is 11.2. The highest BCUT2D eigenvalue weighted by Crippen LogP contribution is 2.08. The van der Waals surface area contributed by atoms with E-state index in [0.29, 0.717) is 12.1 Å². The number of nitrogens with one attached hydrogen (secondary N) is 1. The Balaban J connectivity index is 2.73. The summed E-state index contributed by atoms with van der Waals surface area (Å²) in [6.45, 7) is 2.25. The molecule has 0 aromatic heterocycles. The molecule has 106 valence electrons. The molecule has 1 rings (SSSR count). The monoisotopic (exact) mass is 285 g/mol. The van der Waals surface area contributed by atoms with Gasteiger partial charge < -0.3 is 16.3 Å². The SMILES string of the molecule is CC(CS(C)(=O)=O)NCc1ccccc1C(N)=NO. The van der Waals surface area contributed by atoms with Crippen molar-refractivity contribution in [3.8, 4) is 0 Å². The van der Waals surface area contributed by atoms with E-state index in [1.54, 1.807) is 19.1 Å². The minimum atomic E-state index is -3.01. The van der Waals surface area contributed by atoms with Crippen LogP contribution in [0, 0.1) is 0 Å². The van der Waals surface area contributed by atoms with Crippen LogP contribution in [0.3, 0.4) is 0 Å². The first-order chi connectivity index (χ1) is 8.83. The van der Waals surface area contributed by atoms with Crippen molar-refractivity contribution in [1.29, 1.82) is 0 Å². The zero-order valence-electron chi connectivity index (χ0n) is 11.0. The fourth-order valence-electron chi connectivity index (χ4n) is 1.78. The van der Waals surface area contributed by atoms with E-state index in [1.165, 1.54) is 6.26 Å². The van der Waals surface area contributed by atoms with E-state index in [1.807, 2.05) is 12.1 Å². The number of benzene rings is 1. The first kappa shape index (κ1) is 15.5. The molecule has 0 radical (unpaired) electrons. The second-order valence-electron chi connectivity index (χ2n) is 4.52. The van der Waals surface area contributed by atoms with Crippen LogP contribution in [0.1, 0.15) is 18.1 Å². The highest BCUT2D eigenvalue weighted by atomic mass is 32.2. The molecule has 7 heteroatoms. The lowest BCUT2D eigenvalue weighted by Crippen LogP contribution is -2.32. The van der Waals surface area contributed by atoms with Gasteiger partial charge in [0.25, 0.3) is 0 Å². The van der Waals surface area contributed by atoms with Crippen molar-refractivity contribution in [3.05, 3.63) is 35.4 Å². The van der Waals surface area contributed by atoms with Crippen LogP contribution in [0.15, 0.2) is 29.4 Å². The Morgan fingerprint density at radius 2 is 2.11 bits per heavy atom. The first-order valence-corrected chi connectivity index (χ1v) is 7.86. The van der Waals surface area contributed by atoms with Crippen LogP contribution in [-0.4, -0.2) is 37.5 Å². The molecule has 1 aromatic carbocycles. The van der Waals surface area contributed by atoms with E-state index < -0.39 is 9.84 Å². The normalized spacial score (nSPS) is 14.3. The number of hydrogen-bond acceptors (Lipinski definition) is 5. The summed E-state index contributed by atoms with van der Waals surface area (Å²) in [5.74, 6) is 0.104. The van der Waals surface area contributed by atoms with Crippen LogP contribution in [0.4, 0.5) is 0 Å². The summed E-state index contributed by atoms with van der Waals surface area (Å²) in [6, 6.07) is 7.04. The van der Waals surface area contributed by atoms with E-state index >= 15 is 0 Å². The number of hydrogen-bond donors (Lipinski definition) is 3. The van der Waals surface area contributed by atoms with Gasteiger partial charge >= 0.3 is 0 Å². The van der Waals surface area contributed by atoms with Crippen molar-refractivity contribution in [3.63, 3.8) is 0 Å². The van der Waals surface area contributed by atoms with Crippen molar-refractivity contribution in [2.75, 3.05) is 12.0 Å². The molecule has 4 N–H and O–H groups in total. The minimum Gasteiger partial charge on any atom is -0.409 e. The van der Waals surface area contributed by atoms with Crippen molar-refractivity contribution in [2.45, 2.75) is 19.5 Å². The number of nitrogens with zero attached hydrogens (tertiary/aromatic N) is 1. The van der Waals surface area contributed by atoms with Crippen LogP contribution >= 0.6 is 0 Å². The second-order valence-corrected chi connectivity index (χ2v) is 6.70. The fraction of sp³-hybridized carbons (Fsp3) is 0.417. The first-order valence-electron chi connectivity index (χ1n) is 5.80. The average Bonchev–Trinajstić information content (AvgIpc) is 2.33. The standard InChI is InChI=1S/C12H19N3O3S/c1-9(8-19(2,17)18)14-7-10-5-3-4-6-11(10)12(13)15-16/h3-6,9,14,16H,7-8H2,1-2H3,(H2,13,15). The quantitative estimate of drug-likeness (QED) is 0.302. The number of oxime groups is 1. The highest BCUT2D eigenvalue weighted by Gasteiger charge is 2.11. The van der Waals surface area contributed by atoms with E-state index in [2.05, 4.69) is 10.5 Å². The zero-order valence-corrected chi connectivity index (χ0v) is 11.8. The number of amidine groups is 1. The summed E-state index contributed by atoms with van der Waals surface area (Å²) in [5.41, 5.74) is 7.05. The minimum absolute atomic E-state index is 0.0353. The molecule has 1 atom stereocenters. The lowest BCUT2D eigenvalue weighted by molar-refractivity contribution is 0.318. The molecule has 1 unspecified atom stereocenters. The lowest BCUT2D eigenvalue weighted by atomic mass is 10.1. The molecule has 19 heavy (non-hydrogen) atoms. The number of rotatable bonds is 6. The highest BCUT2D eigenvalue weighted by molar-refractivity contribution is 7.90. The van der Waals surface area contributed by atoms with E-state index in [0.717, 1.165) is 5.56 Å². The predicted molar refractivity (Wildman–Crippen MR) is 75.0 cm³/mol. The van der Waals surface area contributed by atoms with Crippen molar-refractivity contribution in [2.24, 2.45) is 10.9 Å². The molecular formula is C12H19N3O3S. The lowest BCUT2D eigenvalue weighted by Gasteiger charge is -2.14. The summed E-state index contributed by atoms with van der Waals surface area (Å²) in [6.07, 6.45) is 1.20. The van der Waals surface area contributed by atoms with Crippen LogP contribution in [0.5, 0.6) is 0 Å².